The molecule has 5 nitrogen and oxygen atoms in total. The van der Waals surface area contributed by atoms with Gasteiger partial charge in [0.05, 0.1) is 12.7 Å². The molecule has 210 valence electrons. The van der Waals surface area contributed by atoms with Crippen LogP contribution < -0.4 is 5.32 Å². The van der Waals surface area contributed by atoms with Gasteiger partial charge >= 0.3 is 0 Å². The molecule has 2 spiro atoms. The summed E-state index contributed by atoms with van der Waals surface area (Å²) in [7, 11) is 4.32. The Kier molecular flexibility index (Phi) is 6.01. The summed E-state index contributed by atoms with van der Waals surface area (Å²) in [4.78, 5) is 15.4. The number of carbonyl (C=O) groups is 1. The molecule has 0 aromatic heterocycles. The van der Waals surface area contributed by atoms with Crippen LogP contribution in [0.25, 0.3) is 0 Å². The van der Waals surface area contributed by atoms with E-state index in [1.165, 1.54) is 25.7 Å². The Morgan fingerprint density at radius 2 is 1.66 bits per heavy atom. The Labute approximate surface area is 229 Å². The Balaban J connectivity index is 1.29. The Morgan fingerprint density at radius 3 is 2.32 bits per heavy atom. The van der Waals surface area contributed by atoms with E-state index in [1.807, 2.05) is 30.3 Å². The van der Waals surface area contributed by atoms with Gasteiger partial charge in [0, 0.05) is 29.0 Å². The lowest BCUT2D eigenvalue weighted by Crippen LogP contribution is -2.62. The van der Waals surface area contributed by atoms with Gasteiger partial charge in [0.2, 0.25) is 0 Å². The van der Waals surface area contributed by atoms with Gasteiger partial charge in [-0.05, 0) is 118 Å². The minimum Gasteiger partial charge on any atom is -0.396 e. The largest absolute Gasteiger partial charge is 0.396 e. The molecule has 1 amide bonds. The highest BCUT2D eigenvalue weighted by Gasteiger charge is 2.83. The number of rotatable bonds is 5. The zero-order valence-corrected chi connectivity index (χ0v) is 24.5. The zero-order valence-electron chi connectivity index (χ0n) is 24.5. The van der Waals surface area contributed by atoms with Crippen LogP contribution in [0.1, 0.15) is 89.4 Å². The van der Waals surface area contributed by atoms with Crippen molar-refractivity contribution >= 4 is 5.91 Å². The molecule has 11 atom stereocenters. The molecule has 5 saturated carbocycles. The van der Waals surface area contributed by atoms with E-state index in [-0.39, 0.29) is 46.3 Å². The van der Waals surface area contributed by atoms with Gasteiger partial charge in [0.25, 0.3) is 5.91 Å². The topological polar surface area (TPSA) is 72.8 Å². The summed E-state index contributed by atoms with van der Waals surface area (Å²) in [6, 6.07) is 9.85. The van der Waals surface area contributed by atoms with E-state index in [2.05, 4.69) is 52.0 Å². The van der Waals surface area contributed by atoms with E-state index in [1.54, 1.807) is 0 Å². The number of nitrogens with zero attached hydrogens (tertiary/aromatic N) is 1. The summed E-state index contributed by atoms with van der Waals surface area (Å²) in [5.41, 5.74) is 1.29. The van der Waals surface area contributed by atoms with Gasteiger partial charge in [-0.15, -0.1) is 0 Å². The van der Waals surface area contributed by atoms with Gasteiger partial charge in [0.15, 0.2) is 0 Å². The van der Waals surface area contributed by atoms with E-state index in [0.29, 0.717) is 34.8 Å². The molecule has 6 rings (SSSR count). The van der Waals surface area contributed by atoms with Crippen molar-refractivity contribution in [2.75, 3.05) is 20.7 Å². The summed E-state index contributed by atoms with van der Waals surface area (Å²) in [5, 5.41) is 25.8. The van der Waals surface area contributed by atoms with Gasteiger partial charge in [-0.3, -0.25) is 4.79 Å². The predicted molar refractivity (Wildman–Crippen MR) is 151 cm³/mol. The first-order chi connectivity index (χ1) is 17.9. The fourth-order valence-corrected chi connectivity index (χ4v) is 11.8. The number of benzene rings is 1. The third-order valence-electron chi connectivity index (χ3n) is 14.0. The lowest BCUT2D eigenvalue weighted by Gasteiger charge is -2.63. The second kappa shape index (κ2) is 8.54. The average Bonchev–Trinajstić information content (AvgIpc) is 3.50. The standard InChI is InChI=1S/C33H50N2O3/c1-21(35(5)6)27-23(37)18-31(4)25-13-12-24-29(2,20-36)26(34-28(38)22-10-8-7-9-11-22)14-15-32(24)19-33(25,32)17-16-30(27,31)3/h7-11,21,23-27,36-37H,12-20H2,1-6H3,(H,34,38)/t21-,23-,24-,25-,26-,27-,29+,30+,31-,32+,33-/m0/s1. The number of fused-ring (bicyclic) bond motifs is 2. The highest BCUT2D eigenvalue weighted by molar-refractivity contribution is 5.94. The smallest absolute Gasteiger partial charge is 0.251 e. The first kappa shape index (κ1) is 26.8. The summed E-state index contributed by atoms with van der Waals surface area (Å²) in [6.45, 7) is 9.73. The molecule has 0 bridgehead atoms. The third kappa shape index (κ3) is 3.19. The number of amides is 1. The lowest BCUT2D eigenvalue weighted by molar-refractivity contribution is -0.154. The van der Waals surface area contributed by atoms with Crippen LogP contribution in [-0.2, 0) is 0 Å². The number of carbonyl (C=O) groups excluding carboxylic acids is 1. The van der Waals surface area contributed by atoms with Crippen molar-refractivity contribution in [2.24, 2.45) is 44.8 Å². The highest BCUT2D eigenvalue weighted by atomic mass is 16.3. The molecule has 38 heavy (non-hydrogen) atoms. The minimum atomic E-state index is -0.310. The SMILES string of the molecule is C[C@@H]([C@H]1[C@@H](O)C[C@@]2(C)[C@@H]3CC[C@H]4[C@@](C)(CO)[C@@H](NC(=O)c5ccccc5)CC[C@@]45C[C@@]35CC[C@]12C)N(C)C. The molecule has 3 N–H and O–H groups in total. The molecule has 5 fully saturated rings. The van der Waals surface area contributed by atoms with Crippen LogP contribution in [0.2, 0.25) is 0 Å². The molecular weight excluding hydrogens is 472 g/mol. The van der Waals surface area contributed by atoms with Gasteiger partial charge < -0.3 is 20.4 Å². The maximum atomic E-state index is 13.1. The molecule has 1 aromatic carbocycles. The van der Waals surface area contributed by atoms with Crippen LogP contribution in [-0.4, -0.2) is 59.9 Å². The van der Waals surface area contributed by atoms with Crippen LogP contribution in [0.15, 0.2) is 30.3 Å². The van der Waals surface area contributed by atoms with Gasteiger partial charge in [-0.2, -0.15) is 0 Å². The number of aliphatic hydroxyl groups excluding tert-OH is 2. The average molecular weight is 523 g/mol. The highest BCUT2D eigenvalue weighted by Crippen LogP contribution is 2.89. The quantitative estimate of drug-likeness (QED) is 0.502. The second-order valence-electron chi connectivity index (χ2n) is 15.1. The van der Waals surface area contributed by atoms with Crippen molar-refractivity contribution < 1.29 is 15.0 Å². The molecule has 0 unspecified atom stereocenters. The van der Waals surface area contributed by atoms with Crippen molar-refractivity contribution in [3.63, 3.8) is 0 Å². The maximum Gasteiger partial charge on any atom is 0.251 e. The zero-order chi connectivity index (χ0) is 27.3. The van der Waals surface area contributed by atoms with E-state index >= 15 is 0 Å². The molecule has 5 heteroatoms. The normalized spacial score (nSPS) is 49.9. The Hall–Kier alpha value is -1.43. The van der Waals surface area contributed by atoms with E-state index < -0.39 is 0 Å². The summed E-state index contributed by atoms with van der Waals surface area (Å²) in [6.07, 6.45) is 8.81. The third-order valence-corrected chi connectivity index (χ3v) is 14.0. The Bertz CT molecular complexity index is 1090. The molecule has 0 aliphatic heterocycles. The minimum absolute atomic E-state index is 0.00639. The van der Waals surface area contributed by atoms with Crippen LogP contribution in [0, 0.1) is 44.8 Å². The van der Waals surface area contributed by atoms with Crippen molar-refractivity contribution in [2.45, 2.75) is 97.2 Å². The number of hydrogen-bond acceptors (Lipinski definition) is 4. The number of nitrogens with one attached hydrogen (secondary N) is 1. The van der Waals surface area contributed by atoms with E-state index in [0.717, 1.165) is 25.7 Å². The van der Waals surface area contributed by atoms with Gasteiger partial charge in [-0.1, -0.05) is 39.0 Å². The molecule has 1 aromatic rings. The van der Waals surface area contributed by atoms with Crippen LogP contribution in [0.4, 0.5) is 0 Å². The van der Waals surface area contributed by atoms with E-state index in [9.17, 15) is 15.0 Å². The van der Waals surface area contributed by atoms with E-state index in [4.69, 9.17) is 0 Å². The predicted octanol–water partition coefficient (Wildman–Crippen LogP) is 5.12. The van der Waals surface area contributed by atoms with Crippen molar-refractivity contribution in [3.8, 4) is 0 Å². The summed E-state index contributed by atoms with van der Waals surface area (Å²) in [5.74, 6) is 1.35. The maximum absolute atomic E-state index is 13.1. The lowest BCUT2D eigenvalue weighted by atomic mass is 9.41. The van der Waals surface area contributed by atoms with Crippen LogP contribution in [0.5, 0.6) is 0 Å². The number of aliphatic hydroxyl groups is 2. The van der Waals surface area contributed by atoms with Crippen LogP contribution in [0.3, 0.4) is 0 Å². The molecule has 0 heterocycles. The number of hydrogen-bond donors (Lipinski definition) is 3. The van der Waals surface area contributed by atoms with Crippen molar-refractivity contribution in [1.29, 1.82) is 0 Å². The summed E-state index contributed by atoms with van der Waals surface area (Å²) < 4.78 is 0. The first-order valence-electron chi connectivity index (χ1n) is 15.2. The van der Waals surface area contributed by atoms with Crippen molar-refractivity contribution in [3.05, 3.63) is 35.9 Å². The first-order valence-corrected chi connectivity index (χ1v) is 15.2. The van der Waals surface area contributed by atoms with Crippen LogP contribution >= 0.6 is 0 Å². The van der Waals surface area contributed by atoms with Gasteiger partial charge in [0.1, 0.15) is 0 Å². The fraction of sp³-hybridized carbons (Fsp3) is 0.788. The molecular formula is C33H50N2O3. The molecule has 0 saturated heterocycles. The van der Waals surface area contributed by atoms with Gasteiger partial charge in [-0.25, -0.2) is 0 Å². The second-order valence-corrected chi connectivity index (χ2v) is 15.1. The molecule has 0 radical (unpaired) electrons. The fourth-order valence-electron chi connectivity index (χ4n) is 11.8. The Morgan fingerprint density at radius 1 is 1.00 bits per heavy atom. The summed E-state index contributed by atoms with van der Waals surface area (Å²) >= 11 is 0. The monoisotopic (exact) mass is 522 g/mol. The van der Waals surface area contributed by atoms with Crippen molar-refractivity contribution in [1.82, 2.24) is 10.2 Å². The molecule has 5 aliphatic carbocycles. The molecule has 5 aliphatic rings.